The number of allylic oxidation sites excluding steroid dienone is 2. The first-order valence-corrected chi connectivity index (χ1v) is 21.5. The summed E-state index contributed by atoms with van der Waals surface area (Å²) in [7, 11) is 0. The van der Waals surface area contributed by atoms with Crippen LogP contribution in [0.5, 0.6) is 0 Å². The zero-order valence-corrected chi connectivity index (χ0v) is 33.3. The standard InChI is InChI=1S/C56H36N2OS/c1-2-13-37-30-41(29-24-35(37)12-1)57(50-20-11-22-53-55(50)45-18-6-9-21-52(45)59-53)40-27-25-36(26-28-40)46-33-42(34-48-44-17-7-10-23-54(44)60-56(46)48)58-49-19-8-5-16-43(49)47-31-38-14-3-4-15-39(38)32-51(47)58/h1-34,43,49H. The van der Waals surface area contributed by atoms with Crippen LogP contribution in [0.15, 0.2) is 211 Å². The molecule has 0 spiro atoms. The minimum Gasteiger partial charge on any atom is -0.456 e. The normalized spacial score (nSPS) is 15.8. The van der Waals surface area contributed by atoms with E-state index in [2.05, 4.69) is 210 Å². The van der Waals surface area contributed by atoms with E-state index in [1.54, 1.807) is 0 Å². The summed E-state index contributed by atoms with van der Waals surface area (Å²) >= 11 is 1.89. The number of anilines is 5. The van der Waals surface area contributed by atoms with Gasteiger partial charge in [0.15, 0.2) is 0 Å². The van der Waals surface area contributed by atoms with Crippen molar-refractivity contribution in [3.05, 3.63) is 212 Å². The zero-order chi connectivity index (χ0) is 39.3. The van der Waals surface area contributed by atoms with Crippen molar-refractivity contribution in [1.82, 2.24) is 0 Å². The van der Waals surface area contributed by atoms with Crippen molar-refractivity contribution in [2.24, 2.45) is 0 Å². The van der Waals surface area contributed by atoms with Crippen LogP contribution in [0.2, 0.25) is 0 Å². The van der Waals surface area contributed by atoms with Gasteiger partial charge in [0.1, 0.15) is 11.2 Å². The molecule has 0 saturated carbocycles. The molecule has 9 aromatic carbocycles. The van der Waals surface area contributed by atoms with Gasteiger partial charge < -0.3 is 14.2 Å². The summed E-state index contributed by atoms with van der Waals surface area (Å²) in [6, 6.07) is 66.8. The predicted molar refractivity (Wildman–Crippen MR) is 255 cm³/mol. The molecule has 11 aromatic rings. The Morgan fingerprint density at radius 3 is 2.08 bits per heavy atom. The van der Waals surface area contributed by atoms with Gasteiger partial charge in [-0.25, -0.2) is 0 Å². The van der Waals surface area contributed by atoms with Gasteiger partial charge in [-0.1, -0.05) is 133 Å². The number of nitrogens with zero attached hydrogens (tertiary/aromatic N) is 2. The smallest absolute Gasteiger partial charge is 0.137 e. The van der Waals surface area contributed by atoms with E-state index in [0.29, 0.717) is 0 Å². The lowest BCUT2D eigenvalue weighted by Crippen LogP contribution is -2.28. The molecule has 0 saturated heterocycles. The number of hydrogen-bond acceptors (Lipinski definition) is 4. The van der Waals surface area contributed by atoms with Crippen LogP contribution < -0.4 is 9.80 Å². The highest BCUT2D eigenvalue weighted by atomic mass is 32.1. The Hall–Kier alpha value is -7.40. The Morgan fingerprint density at radius 2 is 1.22 bits per heavy atom. The largest absolute Gasteiger partial charge is 0.456 e. The highest BCUT2D eigenvalue weighted by molar-refractivity contribution is 7.26. The maximum Gasteiger partial charge on any atom is 0.137 e. The molecule has 2 aromatic heterocycles. The average molecular weight is 785 g/mol. The lowest BCUT2D eigenvalue weighted by molar-refractivity contribution is 0.669. The molecule has 0 amide bonds. The first kappa shape index (κ1) is 33.6. The van der Waals surface area contributed by atoms with Crippen LogP contribution in [0.4, 0.5) is 28.4 Å². The van der Waals surface area contributed by atoms with E-state index in [4.69, 9.17) is 4.42 Å². The van der Waals surface area contributed by atoms with E-state index in [1.165, 1.54) is 69.8 Å². The molecule has 3 nitrogen and oxygen atoms in total. The molecule has 4 heteroatoms. The topological polar surface area (TPSA) is 19.6 Å². The third-order valence-corrected chi connectivity index (χ3v) is 13.9. The van der Waals surface area contributed by atoms with Crippen molar-refractivity contribution >= 4 is 103 Å². The molecule has 2 unspecified atom stereocenters. The van der Waals surface area contributed by atoms with Crippen LogP contribution in [0.25, 0.3) is 74.8 Å². The second-order valence-electron chi connectivity index (χ2n) is 16.0. The van der Waals surface area contributed by atoms with Gasteiger partial charge in [0.2, 0.25) is 0 Å². The van der Waals surface area contributed by atoms with Crippen LogP contribution in [-0.4, -0.2) is 6.04 Å². The van der Waals surface area contributed by atoms with Crippen LogP contribution in [-0.2, 0) is 0 Å². The summed E-state index contributed by atoms with van der Waals surface area (Å²) in [4.78, 5) is 4.98. The molecule has 13 rings (SSSR count). The highest BCUT2D eigenvalue weighted by Crippen LogP contribution is 2.52. The van der Waals surface area contributed by atoms with Gasteiger partial charge in [-0.05, 0) is 105 Å². The maximum atomic E-state index is 6.42. The monoisotopic (exact) mass is 784 g/mol. The maximum absolute atomic E-state index is 6.42. The average Bonchev–Trinajstić information content (AvgIpc) is 3.98. The third-order valence-electron chi connectivity index (χ3n) is 12.7. The Bertz CT molecular complexity index is 3590. The number of furan rings is 1. The van der Waals surface area contributed by atoms with E-state index < -0.39 is 0 Å². The number of fused-ring (bicyclic) bond motifs is 11. The van der Waals surface area contributed by atoms with Gasteiger partial charge in [0.05, 0.1) is 17.1 Å². The van der Waals surface area contributed by atoms with Crippen molar-refractivity contribution in [3.63, 3.8) is 0 Å². The Kier molecular flexibility index (Phi) is 7.30. The van der Waals surface area contributed by atoms with Gasteiger partial charge in [-0.2, -0.15) is 0 Å². The first-order valence-electron chi connectivity index (χ1n) is 20.7. The minimum absolute atomic E-state index is 0.191. The van der Waals surface area contributed by atoms with Gasteiger partial charge in [0.25, 0.3) is 0 Å². The quantitative estimate of drug-likeness (QED) is 0.173. The fourth-order valence-corrected chi connectivity index (χ4v) is 11.2. The van der Waals surface area contributed by atoms with Crippen LogP contribution >= 0.6 is 11.3 Å². The number of benzene rings is 9. The molecular weight excluding hydrogens is 749 g/mol. The lowest BCUT2D eigenvalue weighted by atomic mass is 9.90. The van der Waals surface area contributed by atoms with E-state index in [1.807, 2.05) is 17.4 Å². The molecule has 0 N–H and O–H groups in total. The summed E-state index contributed by atoms with van der Waals surface area (Å²) in [6.07, 6.45) is 9.18. The van der Waals surface area contributed by atoms with Crippen molar-refractivity contribution in [1.29, 1.82) is 0 Å². The molecular formula is C56H36N2OS. The summed E-state index contributed by atoms with van der Waals surface area (Å²) in [5.74, 6) is 0.283. The number of rotatable bonds is 5. The van der Waals surface area contributed by atoms with Crippen molar-refractivity contribution in [3.8, 4) is 11.1 Å². The minimum atomic E-state index is 0.191. The van der Waals surface area contributed by atoms with Gasteiger partial charge in [-0.15, -0.1) is 11.3 Å². The predicted octanol–water partition coefficient (Wildman–Crippen LogP) is 16.1. The molecule has 3 heterocycles. The Morgan fingerprint density at radius 1 is 0.517 bits per heavy atom. The van der Waals surface area contributed by atoms with E-state index in [9.17, 15) is 0 Å². The van der Waals surface area contributed by atoms with Crippen molar-refractivity contribution in [2.45, 2.75) is 12.0 Å². The summed E-state index contributed by atoms with van der Waals surface area (Å²) in [5, 5.41) is 9.78. The van der Waals surface area contributed by atoms with Crippen LogP contribution in [0, 0.1) is 0 Å². The third kappa shape index (κ3) is 5.08. The molecule has 0 fully saturated rings. The first-order chi connectivity index (χ1) is 29.7. The van der Waals surface area contributed by atoms with Crippen molar-refractivity contribution < 1.29 is 4.42 Å². The van der Waals surface area contributed by atoms with Gasteiger partial charge in [0, 0.05) is 59.8 Å². The van der Waals surface area contributed by atoms with Gasteiger partial charge in [-0.3, -0.25) is 0 Å². The van der Waals surface area contributed by atoms with Crippen molar-refractivity contribution in [2.75, 3.05) is 9.80 Å². The number of hydrogen-bond donors (Lipinski definition) is 0. The second kappa shape index (κ2) is 13.1. The van der Waals surface area contributed by atoms with Crippen LogP contribution in [0.1, 0.15) is 11.5 Å². The summed E-state index contributed by atoms with van der Waals surface area (Å²) < 4.78 is 9.03. The fourth-order valence-electron chi connectivity index (χ4n) is 9.96. The zero-order valence-electron chi connectivity index (χ0n) is 32.5. The van der Waals surface area contributed by atoms with Gasteiger partial charge >= 0.3 is 0 Å². The SMILES string of the molecule is C1=CC2c3cc4ccccc4cc3N(c3cc(-c4ccc(N(c5ccc6ccccc6c5)c5cccc6oc7ccccc7c56)cc4)c4sc5ccccc5c4c3)C2C=C1. The molecule has 1 aliphatic carbocycles. The summed E-state index contributed by atoms with van der Waals surface area (Å²) in [5.41, 5.74) is 11.3. The molecule has 0 radical (unpaired) electrons. The van der Waals surface area contributed by atoms with E-state index >= 15 is 0 Å². The summed E-state index contributed by atoms with van der Waals surface area (Å²) in [6.45, 7) is 0. The van der Waals surface area contributed by atoms with E-state index in [0.717, 1.165) is 39.0 Å². The molecule has 2 atom stereocenters. The van der Waals surface area contributed by atoms with E-state index in [-0.39, 0.29) is 12.0 Å². The number of thiophene rings is 1. The molecule has 0 bridgehead atoms. The second-order valence-corrected chi connectivity index (χ2v) is 17.1. The molecule has 282 valence electrons. The number of para-hydroxylation sites is 1. The Balaban J connectivity index is 1.00. The highest BCUT2D eigenvalue weighted by Gasteiger charge is 2.38. The fraction of sp³-hybridized carbons (Fsp3) is 0.0357. The molecule has 2 aliphatic rings. The Labute approximate surface area is 351 Å². The molecule has 60 heavy (non-hydrogen) atoms. The molecule has 1 aliphatic heterocycles. The lowest BCUT2D eigenvalue weighted by Gasteiger charge is -2.29. The van der Waals surface area contributed by atoms with Crippen LogP contribution in [0.3, 0.4) is 0 Å².